The van der Waals surface area contributed by atoms with Gasteiger partial charge in [0.2, 0.25) is 0 Å². The summed E-state index contributed by atoms with van der Waals surface area (Å²) in [6.07, 6.45) is 2.40. The zero-order valence-corrected chi connectivity index (χ0v) is 10.4. The van der Waals surface area contributed by atoms with Crippen molar-refractivity contribution in [1.82, 2.24) is 4.90 Å². The van der Waals surface area contributed by atoms with Gasteiger partial charge in [0.1, 0.15) is 0 Å². The molecule has 0 N–H and O–H groups in total. The molecule has 2 nitrogen and oxygen atoms in total. The van der Waals surface area contributed by atoms with Crippen LogP contribution in [-0.4, -0.2) is 38.1 Å². The molecule has 1 aromatic carbocycles. The molecule has 0 amide bonds. The van der Waals surface area contributed by atoms with Crippen molar-refractivity contribution < 1.29 is 0 Å². The van der Waals surface area contributed by atoms with Gasteiger partial charge in [0.15, 0.2) is 0 Å². The number of anilines is 1. The first-order valence-electron chi connectivity index (χ1n) is 6.32. The molecule has 0 radical (unpaired) electrons. The van der Waals surface area contributed by atoms with Gasteiger partial charge in [-0.05, 0) is 44.1 Å². The van der Waals surface area contributed by atoms with Gasteiger partial charge in [-0.3, -0.25) is 0 Å². The summed E-state index contributed by atoms with van der Waals surface area (Å²) < 4.78 is 0. The summed E-state index contributed by atoms with van der Waals surface area (Å²) >= 11 is 0. The summed E-state index contributed by atoms with van der Waals surface area (Å²) in [4.78, 5) is 4.92. The number of rotatable bonds is 2. The Morgan fingerprint density at radius 2 is 1.75 bits per heavy atom. The van der Waals surface area contributed by atoms with Crippen LogP contribution in [0.25, 0.3) is 0 Å². The van der Waals surface area contributed by atoms with Crippen molar-refractivity contribution in [2.45, 2.75) is 19.8 Å². The first-order chi connectivity index (χ1) is 7.79. The maximum atomic E-state index is 2.50. The summed E-state index contributed by atoms with van der Waals surface area (Å²) in [5.41, 5.74) is 2.81. The van der Waals surface area contributed by atoms with Crippen molar-refractivity contribution in [3.63, 3.8) is 0 Å². The second-order valence-corrected chi connectivity index (χ2v) is 4.66. The Labute approximate surface area is 98.9 Å². The van der Waals surface area contributed by atoms with Crippen LogP contribution in [0.1, 0.15) is 18.9 Å². The average Bonchev–Trinajstić information content (AvgIpc) is 2.54. The summed E-state index contributed by atoms with van der Waals surface area (Å²) in [5, 5.41) is 0. The maximum absolute atomic E-state index is 2.50. The van der Waals surface area contributed by atoms with E-state index in [1.165, 1.54) is 37.3 Å². The summed E-state index contributed by atoms with van der Waals surface area (Å²) in [6, 6.07) is 9.04. The number of likely N-dealkylation sites (N-methyl/N-ethyl adjacent to an activating group) is 1. The minimum absolute atomic E-state index is 1.13. The minimum Gasteiger partial charge on any atom is -0.370 e. The molecule has 1 aliphatic rings. The molecular formula is C14H22N2. The lowest BCUT2D eigenvalue weighted by atomic mass is 10.1. The zero-order valence-electron chi connectivity index (χ0n) is 10.4. The van der Waals surface area contributed by atoms with Crippen molar-refractivity contribution in [2.75, 3.05) is 38.1 Å². The third kappa shape index (κ3) is 2.76. The summed E-state index contributed by atoms with van der Waals surface area (Å²) in [6.45, 7) is 6.95. The van der Waals surface area contributed by atoms with Crippen molar-refractivity contribution in [3.05, 3.63) is 29.8 Å². The van der Waals surface area contributed by atoms with Gasteiger partial charge in [-0.1, -0.05) is 19.1 Å². The molecule has 0 atom stereocenters. The Kier molecular flexibility index (Phi) is 3.83. The molecule has 0 saturated carbocycles. The van der Waals surface area contributed by atoms with Crippen LogP contribution >= 0.6 is 0 Å². The van der Waals surface area contributed by atoms with Crippen molar-refractivity contribution in [1.29, 1.82) is 0 Å². The van der Waals surface area contributed by atoms with Crippen LogP contribution in [-0.2, 0) is 6.42 Å². The number of hydrogen-bond acceptors (Lipinski definition) is 2. The van der Waals surface area contributed by atoms with Crippen LogP contribution in [0, 0.1) is 0 Å². The van der Waals surface area contributed by atoms with Crippen molar-refractivity contribution in [2.24, 2.45) is 0 Å². The molecule has 16 heavy (non-hydrogen) atoms. The fourth-order valence-electron chi connectivity index (χ4n) is 2.25. The molecule has 2 heteroatoms. The molecule has 1 fully saturated rings. The number of nitrogens with zero attached hydrogens (tertiary/aromatic N) is 2. The van der Waals surface area contributed by atoms with E-state index in [1.54, 1.807) is 0 Å². The van der Waals surface area contributed by atoms with E-state index in [-0.39, 0.29) is 0 Å². The summed E-state index contributed by atoms with van der Waals surface area (Å²) in [7, 11) is 2.21. The molecule has 0 spiro atoms. The van der Waals surface area contributed by atoms with E-state index in [2.05, 4.69) is 48.0 Å². The van der Waals surface area contributed by atoms with Gasteiger partial charge in [0, 0.05) is 25.3 Å². The molecule has 1 heterocycles. The Bertz CT molecular complexity index is 318. The predicted octanol–water partition coefficient (Wildman–Crippen LogP) is 2.39. The van der Waals surface area contributed by atoms with Crippen LogP contribution in [0.3, 0.4) is 0 Å². The quantitative estimate of drug-likeness (QED) is 0.752. The van der Waals surface area contributed by atoms with E-state index in [1.807, 2.05) is 0 Å². The molecule has 0 aromatic heterocycles. The molecule has 2 rings (SSSR count). The maximum Gasteiger partial charge on any atom is 0.0366 e. The first-order valence-corrected chi connectivity index (χ1v) is 6.32. The monoisotopic (exact) mass is 218 g/mol. The zero-order chi connectivity index (χ0) is 11.4. The highest BCUT2D eigenvalue weighted by atomic mass is 15.2. The van der Waals surface area contributed by atoms with Gasteiger partial charge in [-0.25, -0.2) is 0 Å². The van der Waals surface area contributed by atoms with Gasteiger partial charge < -0.3 is 9.80 Å². The standard InChI is InChI=1S/C14H22N2/c1-3-13-5-7-14(8-6-13)16-10-4-9-15(2)11-12-16/h5-8H,3-4,9-12H2,1-2H3. The van der Waals surface area contributed by atoms with Crippen molar-refractivity contribution >= 4 is 5.69 Å². The smallest absolute Gasteiger partial charge is 0.0366 e. The Morgan fingerprint density at radius 1 is 1.00 bits per heavy atom. The van der Waals surface area contributed by atoms with Gasteiger partial charge >= 0.3 is 0 Å². The molecule has 1 aromatic rings. The van der Waals surface area contributed by atoms with Gasteiger partial charge in [0.05, 0.1) is 0 Å². The highest BCUT2D eigenvalue weighted by molar-refractivity contribution is 5.47. The second-order valence-electron chi connectivity index (χ2n) is 4.66. The minimum atomic E-state index is 1.13. The Hall–Kier alpha value is -1.02. The highest BCUT2D eigenvalue weighted by Crippen LogP contribution is 2.17. The average molecular weight is 218 g/mol. The molecule has 0 unspecified atom stereocenters. The van der Waals surface area contributed by atoms with Crippen LogP contribution in [0.15, 0.2) is 24.3 Å². The van der Waals surface area contributed by atoms with Gasteiger partial charge in [-0.2, -0.15) is 0 Å². The number of benzene rings is 1. The largest absolute Gasteiger partial charge is 0.370 e. The van der Waals surface area contributed by atoms with Gasteiger partial charge in [-0.15, -0.1) is 0 Å². The normalized spacial score (nSPS) is 18.5. The lowest BCUT2D eigenvalue weighted by Gasteiger charge is -2.23. The van der Waals surface area contributed by atoms with E-state index >= 15 is 0 Å². The molecular weight excluding hydrogens is 196 g/mol. The lowest BCUT2D eigenvalue weighted by molar-refractivity contribution is 0.360. The van der Waals surface area contributed by atoms with E-state index in [0.29, 0.717) is 0 Å². The predicted molar refractivity (Wildman–Crippen MR) is 70.1 cm³/mol. The topological polar surface area (TPSA) is 6.48 Å². The van der Waals surface area contributed by atoms with Gasteiger partial charge in [0.25, 0.3) is 0 Å². The first kappa shape index (κ1) is 11.5. The molecule has 0 bridgehead atoms. The molecule has 88 valence electrons. The molecule has 1 saturated heterocycles. The number of aryl methyl sites for hydroxylation is 1. The fourth-order valence-corrected chi connectivity index (χ4v) is 2.25. The highest BCUT2D eigenvalue weighted by Gasteiger charge is 2.11. The fraction of sp³-hybridized carbons (Fsp3) is 0.571. The SMILES string of the molecule is CCc1ccc(N2CCCN(C)CC2)cc1. The molecule has 1 aliphatic heterocycles. The van der Waals surface area contributed by atoms with E-state index in [4.69, 9.17) is 0 Å². The second kappa shape index (κ2) is 5.35. The van der Waals surface area contributed by atoms with E-state index < -0.39 is 0 Å². The van der Waals surface area contributed by atoms with Crippen LogP contribution in [0.2, 0.25) is 0 Å². The lowest BCUT2D eigenvalue weighted by Crippen LogP contribution is -2.28. The van der Waals surface area contributed by atoms with E-state index in [0.717, 1.165) is 13.0 Å². The third-order valence-corrected chi connectivity index (χ3v) is 3.43. The molecule has 0 aliphatic carbocycles. The third-order valence-electron chi connectivity index (χ3n) is 3.43. The number of hydrogen-bond donors (Lipinski definition) is 0. The van der Waals surface area contributed by atoms with Crippen molar-refractivity contribution in [3.8, 4) is 0 Å². The Morgan fingerprint density at radius 3 is 2.44 bits per heavy atom. The van der Waals surface area contributed by atoms with Crippen LogP contribution in [0.5, 0.6) is 0 Å². The van der Waals surface area contributed by atoms with Crippen LogP contribution in [0.4, 0.5) is 5.69 Å². The summed E-state index contributed by atoms with van der Waals surface area (Å²) in [5.74, 6) is 0. The Balaban J connectivity index is 2.04. The van der Waals surface area contributed by atoms with E-state index in [9.17, 15) is 0 Å². The van der Waals surface area contributed by atoms with Crippen LogP contribution < -0.4 is 4.90 Å².